The molecule has 0 bridgehead atoms. The Bertz CT molecular complexity index is 472. The number of carbonyl (C=O) groups is 3. The molecule has 6 nitrogen and oxygen atoms in total. The number of nitrogens with zero attached hydrogens (tertiary/aromatic N) is 1. The van der Waals surface area contributed by atoms with Gasteiger partial charge in [0, 0.05) is 5.92 Å². The van der Waals surface area contributed by atoms with Crippen molar-refractivity contribution in [3.8, 4) is 0 Å². The zero-order valence-corrected chi connectivity index (χ0v) is 20.0. The molecule has 1 rings (SSSR count). The summed E-state index contributed by atoms with van der Waals surface area (Å²) in [5.74, 6) is -0.546. The van der Waals surface area contributed by atoms with Crippen molar-refractivity contribution in [3.05, 3.63) is 0 Å². The minimum Gasteiger partial charge on any atom is -0.465 e. The Kier molecular flexibility index (Phi) is 16.2. The summed E-state index contributed by atoms with van der Waals surface area (Å²) in [5, 5.41) is 0. The minimum atomic E-state index is -0.374. The summed E-state index contributed by atoms with van der Waals surface area (Å²) in [6.07, 6.45) is 15.4. The van der Waals surface area contributed by atoms with Gasteiger partial charge in [-0.3, -0.25) is 19.3 Å². The topological polar surface area (TPSA) is 72.9 Å². The second-order valence-corrected chi connectivity index (χ2v) is 8.86. The van der Waals surface area contributed by atoms with Gasteiger partial charge in [-0.1, -0.05) is 78.1 Å². The Morgan fingerprint density at radius 3 is 1.48 bits per heavy atom. The average molecular weight is 440 g/mol. The molecule has 0 spiro atoms. The van der Waals surface area contributed by atoms with Crippen LogP contribution in [-0.2, 0) is 23.9 Å². The molecule has 1 saturated carbocycles. The number of ketones is 1. The quantitative estimate of drug-likeness (QED) is 0.184. The Balaban J connectivity index is 2.26. The van der Waals surface area contributed by atoms with Crippen LogP contribution < -0.4 is 0 Å². The maximum Gasteiger partial charge on any atom is 0.320 e. The molecule has 6 heteroatoms. The van der Waals surface area contributed by atoms with Crippen LogP contribution in [0.5, 0.6) is 0 Å². The van der Waals surface area contributed by atoms with Crippen molar-refractivity contribution in [1.29, 1.82) is 0 Å². The molecule has 0 aromatic carbocycles. The summed E-state index contributed by atoms with van der Waals surface area (Å²) in [4.78, 5) is 38.2. The van der Waals surface area contributed by atoms with Gasteiger partial charge < -0.3 is 9.47 Å². The van der Waals surface area contributed by atoms with Gasteiger partial charge in [0.1, 0.15) is 5.78 Å². The highest BCUT2D eigenvalue weighted by Crippen LogP contribution is 2.29. The molecule has 0 aliphatic heterocycles. The van der Waals surface area contributed by atoms with E-state index in [-0.39, 0.29) is 43.3 Å². The largest absolute Gasteiger partial charge is 0.465 e. The molecule has 1 aliphatic carbocycles. The number of unbranched alkanes of at least 4 members (excludes halogenated alkanes) is 10. The van der Waals surface area contributed by atoms with Gasteiger partial charge >= 0.3 is 11.9 Å². The zero-order chi connectivity index (χ0) is 22.7. The average Bonchev–Trinajstić information content (AvgIpc) is 3.58. The van der Waals surface area contributed by atoms with Crippen molar-refractivity contribution in [3.63, 3.8) is 0 Å². The van der Waals surface area contributed by atoms with Crippen LogP contribution in [0.15, 0.2) is 0 Å². The lowest BCUT2D eigenvalue weighted by Crippen LogP contribution is -2.40. The molecule has 0 saturated heterocycles. The van der Waals surface area contributed by atoms with Gasteiger partial charge in [0.25, 0.3) is 0 Å². The predicted molar refractivity (Wildman–Crippen MR) is 123 cm³/mol. The molecule has 0 unspecified atom stereocenters. The van der Waals surface area contributed by atoms with Crippen molar-refractivity contribution in [2.24, 2.45) is 5.92 Å². The Labute approximate surface area is 189 Å². The second-order valence-electron chi connectivity index (χ2n) is 8.86. The molecule has 0 heterocycles. The van der Waals surface area contributed by atoms with Crippen molar-refractivity contribution >= 4 is 17.7 Å². The Hall–Kier alpha value is -1.43. The van der Waals surface area contributed by atoms with Gasteiger partial charge in [0.15, 0.2) is 0 Å². The first-order valence-corrected chi connectivity index (χ1v) is 12.6. The van der Waals surface area contributed by atoms with Gasteiger partial charge in [-0.25, -0.2) is 0 Å². The third-order valence-corrected chi connectivity index (χ3v) is 5.64. The summed E-state index contributed by atoms with van der Waals surface area (Å²) < 4.78 is 10.6. The van der Waals surface area contributed by atoms with Crippen LogP contribution in [0.1, 0.15) is 104 Å². The fraction of sp³-hybridized carbons (Fsp3) is 0.880. The summed E-state index contributed by atoms with van der Waals surface area (Å²) in [6.45, 7) is 5.21. The molecular formula is C25H45NO5. The van der Waals surface area contributed by atoms with Crippen molar-refractivity contribution in [2.75, 3.05) is 32.8 Å². The van der Waals surface area contributed by atoms with Crippen molar-refractivity contribution in [2.45, 2.75) is 104 Å². The third-order valence-electron chi connectivity index (χ3n) is 5.64. The van der Waals surface area contributed by atoms with Crippen LogP contribution in [0.3, 0.4) is 0 Å². The highest BCUT2D eigenvalue weighted by Gasteiger charge is 2.31. The van der Waals surface area contributed by atoms with E-state index in [1.807, 2.05) is 0 Å². The summed E-state index contributed by atoms with van der Waals surface area (Å²) >= 11 is 0. The van der Waals surface area contributed by atoms with Gasteiger partial charge in [-0.15, -0.1) is 0 Å². The van der Waals surface area contributed by atoms with Gasteiger partial charge in [-0.2, -0.15) is 0 Å². The van der Waals surface area contributed by atoms with Crippen LogP contribution in [0.4, 0.5) is 0 Å². The molecular weight excluding hydrogens is 394 g/mol. The number of hydrogen-bond donors (Lipinski definition) is 0. The maximum atomic E-state index is 12.2. The SMILES string of the molecule is CCCCCCCCOC(=O)CN(CC(=O)OCCCCCCCC)CC(=O)C1CC1. The summed E-state index contributed by atoms with van der Waals surface area (Å²) in [6, 6.07) is 0. The molecule has 1 aliphatic rings. The zero-order valence-electron chi connectivity index (χ0n) is 20.0. The van der Waals surface area contributed by atoms with E-state index in [2.05, 4.69) is 13.8 Å². The first-order valence-electron chi connectivity index (χ1n) is 12.6. The van der Waals surface area contributed by atoms with E-state index in [1.54, 1.807) is 4.90 Å². The van der Waals surface area contributed by atoms with Gasteiger partial charge in [0.2, 0.25) is 0 Å². The van der Waals surface area contributed by atoms with Crippen LogP contribution in [0, 0.1) is 5.92 Å². The maximum absolute atomic E-state index is 12.2. The van der Waals surface area contributed by atoms with Crippen LogP contribution in [0.2, 0.25) is 0 Å². The van der Waals surface area contributed by atoms with E-state index in [0.717, 1.165) is 51.4 Å². The second kappa shape index (κ2) is 18.2. The van der Waals surface area contributed by atoms with E-state index in [0.29, 0.717) is 13.2 Å². The molecule has 0 N–H and O–H groups in total. The fourth-order valence-electron chi connectivity index (χ4n) is 3.52. The third kappa shape index (κ3) is 15.9. The predicted octanol–water partition coefficient (Wildman–Crippen LogP) is 5.07. The number of Topliss-reactive ketones (excluding diaryl/α,β-unsaturated/α-hetero) is 1. The van der Waals surface area contributed by atoms with Gasteiger partial charge in [-0.05, 0) is 25.7 Å². The van der Waals surface area contributed by atoms with Gasteiger partial charge in [0.05, 0.1) is 32.8 Å². The summed E-state index contributed by atoms with van der Waals surface area (Å²) in [5.41, 5.74) is 0. The van der Waals surface area contributed by atoms with E-state index in [1.165, 1.54) is 38.5 Å². The highest BCUT2D eigenvalue weighted by molar-refractivity contribution is 5.86. The van der Waals surface area contributed by atoms with E-state index >= 15 is 0 Å². The van der Waals surface area contributed by atoms with Crippen LogP contribution >= 0.6 is 0 Å². The minimum absolute atomic E-state index is 0.0413. The number of rotatable bonds is 21. The highest BCUT2D eigenvalue weighted by atomic mass is 16.5. The van der Waals surface area contributed by atoms with Crippen molar-refractivity contribution in [1.82, 2.24) is 4.90 Å². The lowest BCUT2D eigenvalue weighted by Gasteiger charge is -2.20. The number of esters is 2. The van der Waals surface area contributed by atoms with E-state index in [4.69, 9.17) is 9.47 Å². The molecule has 0 radical (unpaired) electrons. The first-order chi connectivity index (χ1) is 15.1. The number of carbonyl (C=O) groups excluding carboxylic acids is 3. The Morgan fingerprint density at radius 2 is 1.06 bits per heavy atom. The number of ether oxygens (including phenoxy) is 2. The fourth-order valence-corrected chi connectivity index (χ4v) is 3.52. The molecule has 0 atom stereocenters. The molecule has 180 valence electrons. The standard InChI is InChI=1S/C25H45NO5/c1-3-5-7-9-11-13-17-30-24(28)20-26(19-23(27)22-15-16-22)21-25(29)31-18-14-12-10-8-6-4-2/h22H,3-21H2,1-2H3. The monoisotopic (exact) mass is 439 g/mol. The van der Waals surface area contributed by atoms with E-state index in [9.17, 15) is 14.4 Å². The van der Waals surface area contributed by atoms with Crippen LogP contribution in [-0.4, -0.2) is 55.5 Å². The molecule has 1 fully saturated rings. The first kappa shape index (κ1) is 27.6. The normalized spacial score (nSPS) is 13.4. The smallest absolute Gasteiger partial charge is 0.320 e. The molecule has 0 aromatic heterocycles. The van der Waals surface area contributed by atoms with Crippen molar-refractivity contribution < 1.29 is 23.9 Å². The van der Waals surface area contributed by atoms with Crippen LogP contribution in [0.25, 0.3) is 0 Å². The lowest BCUT2D eigenvalue weighted by molar-refractivity contribution is -0.149. The molecule has 31 heavy (non-hydrogen) atoms. The Morgan fingerprint density at radius 1 is 0.645 bits per heavy atom. The van der Waals surface area contributed by atoms with E-state index < -0.39 is 0 Å². The summed E-state index contributed by atoms with van der Waals surface area (Å²) in [7, 11) is 0. The lowest BCUT2D eigenvalue weighted by atomic mass is 10.1. The molecule has 0 amide bonds. The number of hydrogen-bond acceptors (Lipinski definition) is 6. The molecule has 0 aromatic rings.